The van der Waals surface area contributed by atoms with Gasteiger partial charge in [-0.25, -0.2) is 13.9 Å². The summed E-state index contributed by atoms with van der Waals surface area (Å²) in [7, 11) is 0. The van der Waals surface area contributed by atoms with Gasteiger partial charge >= 0.3 is 6.09 Å². The van der Waals surface area contributed by atoms with Gasteiger partial charge in [0.05, 0.1) is 17.9 Å². The lowest BCUT2D eigenvalue weighted by molar-refractivity contribution is 0.0886. The average Bonchev–Trinajstić information content (AvgIpc) is 3.20. The van der Waals surface area contributed by atoms with Crippen molar-refractivity contribution in [1.82, 2.24) is 19.6 Å². The molecule has 1 aromatic heterocycles. The van der Waals surface area contributed by atoms with Crippen molar-refractivity contribution in [3.05, 3.63) is 82.9 Å². The van der Waals surface area contributed by atoms with Crippen molar-refractivity contribution < 1.29 is 13.9 Å². The summed E-state index contributed by atoms with van der Waals surface area (Å²) in [6, 6.07) is 16.4. The zero-order valence-corrected chi connectivity index (χ0v) is 20.9. The molecule has 0 atom stereocenters. The normalized spacial score (nSPS) is 13.6. The third-order valence-corrected chi connectivity index (χ3v) is 6.23. The van der Waals surface area contributed by atoms with Crippen molar-refractivity contribution in [3.8, 4) is 5.69 Å². The van der Waals surface area contributed by atoms with Crippen LogP contribution in [0, 0.1) is 11.7 Å². The summed E-state index contributed by atoms with van der Waals surface area (Å²) in [4.78, 5) is 17.2. The van der Waals surface area contributed by atoms with Crippen LogP contribution in [0.3, 0.4) is 0 Å². The first-order chi connectivity index (χ1) is 17.0. The molecule has 0 radical (unpaired) electrons. The molecule has 0 saturated carbocycles. The van der Waals surface area contributed by atoms with Gasteiger partial charge in [0.2, 0.25) is 0 Å². The fourth-order valence-electron chi connectivity index (χ4n) is 4.63. The standard InChI is InChI=1S/C28H35FN4O2/c1-4-15-31-16-14-26-23(18-31)25(30-33(26)27-13-9-8-12-24(27)29)19-32(17-21(2)3)28(34)35-20-22-10-6-5-7-11-22/h5-13,21H,4,14-20H2,1-3H3. The Balaban J connectivity index is 1.63. The highest BCUT2D eigenvalue weighted by Crippen LogP contribution is 2.28. The summed E-state index contributed by atoms with van der Waals surface area (Å²) in [5, 5.41) is 4.87. The molecule has 6 nitrogen and oxygen atoms in total. The zero-order valence-electron chi connectivity index (χ0n) is 20.9. The highest BCUT2D eigenvalue weighted by atomic mass is 19.1. The molecule has 186 valence electrons. The maximum atomic E-state index is 14.7. The molecule has 0 aliphatic carbocycles. The largest absolute Gasteiger partial charge is 0.445 e. The van der Waals surface area contributed by atoms with E-state index < -0.39 is 0 Å². The van der Waals surface area contributed by atoms with Crippen LogP contribution in [-0.2, 0) is 30.9 Å². The van der Waals surface area contributed by atoms with Gasteiger partial charge in [-0.2, -0.15) is 5.10 Å². The van der Waals surface area contributed by atoms with Crippen LogP contribution in [-0.4, -0.2) is 45.3 Å². The number of hydrogen-bond donors (Lipinski definition) is 0. The Labute approximate surface area is 207 Å². The van der Waals surface area contributed by atoms with E-state index in [-0.39, 0.29) is 24.4 Å². The Morgan fingerprint density at radius 3 is 2.60 bits per heavy atom. The highest BCUT2D eigenvalue weighted by Gasteiger charge is 2.28. The number of amides is 1. The number of halogens is 1. The van der Waals surface area contributed by atoms with Gasteiger partial charge in [0.25, 0.3) is 0 Å². The van der Waals surface area contributed by atoms with Crippen LogP contribution in [0.4, 0.5) is 9.18 Å². The van der Waals surface area contributed by atoms with E-state index in [1.54, 1.807) is 21.7 Å². The van der Waals surface area contributed by atoms with Crippen LogP contribution in [0.25, 0.3) is 5.69 Å². The number of ether oxygens (including phenoxy) is 1. The van der Waals surface area contributed by atoms with Crippen molar-refractivity contribution >= 4 is 6.09 Å². The van der Waals surface area contributed by atoms with E-state index in [9.17, 15) is 9.18 Å². The highest BCUT2D eigenvalue weighted by molar-refractivity contribution is 5.67. The number of aromatic nitrogens is 2. The minimum Gasteiger partial charge on any atom is -0.445 e. The van der Waals surface area contributed by atoms with Crippen LogP contribution in [0.2, 0.25) is 0 Å². The molecule has 7 heteroatoms. The lowest BCUT2D eigenvalue weighted by Gasteiger charge is -2.28. The van der Waals surface area contributed by atoms with Crippen LogP contribution < -0.4 is 0 Å². The molecule has 1 aliphatic rings. The Hall–Kier alpha value is -3.19. The molecule has 2 aromatic carbocycles. The molecule has 0 fully saturated rings. The Morgan fingerprint density at radius 1 is 1.14 bits per heavy atom. The number of benzene rings is 2. The van der Waals surface area contributed by atoms with E-state index in [2.05, 4.69) is 25.7 Å². The van der Waals surface area contributed by atoms with Gasteiger partial charge in [0.15, 0.2) is 0 Å². The van der Waals surface area contributed by atoms with Gasteiger partial charge in [-0.1, -0.05) is 63.2 Å². The second kappa shape index (κ2) is 11.5. The van der Waals surface area contributed by atoms with Crippen LogP contribution in [0.5, 0.6) is 0 Å². The van der Waals surface area contributed by atoms with Crippen LogP contribution >= 0.6 is 0 Å². The van der Waals surface area contributed by atoms with Gasteiger partial charge in [-0.05, 0) is 36.6 Å². The fraction of sp³-hybridized carbons (Fsp3) is 0.429. The maximum Gasteiger partial charge on any atom is 0.410 e. The number of para-hydroxylation sites is 1. The molecule has 1 aliphatic heterocycles. The van der Waals surface area contributed by atoms with E-state index in [4.69, 9.17) is 9.84 Å². The molecule has 0 bridgehead atoms. The smallest absolute Gasteiger partial charge is 0.410 e. The van der Waals surface area contributed by atoms with Crippen molar-refractivity contribution in [3.63, 3.8) is 0 Å². The number of carbonyl (C=O) groups is 1. The monoisotopic (exact) mass is 478 g/mol. The van der Waals surface area contributed by atoms with Crippen molar-refractivity contribution in [2.24, 2.45) is 5.92 Å². The third kappa shape index (κ3) is 6.09. The van der Waals surface area contributed by atoms with Gasteiger partial charge in [0.1, 0.15) is 18.1 Å². The first-order valence-corrected chi connectivity index (χ1v) is 12.5. The molecule has 3 aromatic rings. The summed E-state index contributed by atoms with van der Waals surface area (Å²) >= 11 is 0. The molecule has 0 N–H and O–H groups in total. The predicted octanol–water partition coefficient (Wildman–Crippen LogP) is 5.57. The summed E-state index contributed by atoms with van der Waals surface area (Å²) < 4.78 is 22.1. The molecular weight excluding hydrogens is 443 g/mol. The molecule has 0 saturated heterocycles. The minimum absolute atomic E-state index is 0.223. The molecule has 1 amide bonds. The number of hydrogen-bond acceptors (Lipinski definition) is 4. The van der Waals surface area contributed by atoms with E-state index in [0.717, 1.165) is 55.0 Å². The van der Waals surface area contributed by atoms with E-state index in [1.807, 2.05) is 36.4 Å². The number of carbonyl (C=O) groups excluding carboxylic acids is 1. The molecule has 2 heterocycles. The fourth-order valence-corrected chi connectivity index (χ4v) is 4.63. The lowest BCUT2D eigenvalue weighted by atomic mass is 10.0. The topological polar surface area (TPSA) is 50.6 Å². The maximum absolute atomic E-state index is 14.7. The van der Waals surface area contributed by atoms with Crippen molar-refractivity contribution in [1.29, 1.82) is 0 Å². The molecule has 0 unspecified atom stereocenters. The summed E-state index contributed by atoms with van der Waals surface area (Å²) in [6.07, 6.45) is 1.49. The molecule has 0 spiro atoms. The lowest BCUT2D eigenvalue weighted by Crippen LogP contribution is -2.35. The number of rotatable bonds is 9. The number of fused-ring (bicyclic) bond motifs is 1. The van der Waals surface area contributed by atoms with Crippen molar-refractivity contribution in [2.75, 3.05) is 19.6 Å². The first kappa shape index (κ1) is 24.9. The summed E-state index contributed by atoms with van der Waals surface area (Å²) in [6.45, 7) is 10.1. The second-order valence-electron chi connectivity index (χ2n) is 9.58. The van der Waals surface area contributed by atoms with E-state index >= 15 is 0 Å². The minimum atomic E-state index is -0.363. The van der Waals surface area contributed by atoms with E-state index in [1.165, 1.54) is 6.07 Å². The Bertz CT molecular complexity index is 1130. The molecule has 35 heavy (non-hydrogen) atoms. The van der Waals surface area contributed by atoms with Crippen molar-refractivity contribution in [2.45, 2.75) is 53.3 Å². The van der Waals surface area contributed by atoms with Gasteiger partial charge in [-0.3, -0.25) is 4.90 Å². The van der Waals surface area contributed by atoms with Gasteiger partial charge in [0, 0.05) is 31.6 Å². The zero-order chi connectivity index (χ0) is 24.8. The SMILES string of the molecule is CCCN1CCc2c(c(CN(CC(C)C)C(=O)OCc3ccccc3)nn2-c2ccccc2F)C1. The van der Waals surface area contributed by atoms with Gasteiger partial charge in [-0.15, -0.1) is 0 Å². The Morgan fingerprint density at radius 2 is 1.89 bits per heavy atom. The quantitative estimate of drug-likeness (QED) is 0.403. The third-order valence-electron chi connectivity index (χ3n) is 6.23. The second-order valence-corrected chi connectivity index (χ2v) is 9.58. The first-order valence-electron chi connectivity index (χ1n) is 12.5. The van der Waals surface area contributed by atoms with Crippen LogP contribution in [0.15, 0.2) is 54.6 Å². The average molecular weight is 479 g/mol. The summed E-state index contributed by atoms with van der Waals surface area (Å²) in [5.74, 6) is -0.0398. The summed E-state index contributed by atoms with van der Waals surface area (Å²) in [5.41, 5.74) is 4.32. The Kier molecular flexibility index (Phi) is 8.18. The molecular formula is C28H35FN4O2. The van der Waals surface area contributed by atoms with Crippen LogP contribution in [0.1, 0.15) is 49.7 Å². The predicted molar refractivity (Wildman–Crippen MR) is 135 cm³/mol. The molecule has 4 rings (SSSR count). The van der Waals surface area contributed by atoms with Gasteiger partial charge < -0.3 is 9.64 Å². The van der Waals surface area contributed by atoms with E-state index in [0.29, 0.717) is 18.8 Å². The number of nitrogens with zero attached hydrogens (tertiary/aromatic N) is 4.